The van der Waals surface area contributed by atoms with Gasteiger partial charge in [0, 0.05) is 6.92 Å². The van der Waals surface area contributed by atoms with Crippen LogP contribution in [0.1, 0.15) is 6.92 Å². The Kier molecular flexibility index (Phi) is 2.29. The monoisotopic (exact) mass is 181 g/mol. The molecule has 1 heterocycles. The van der Waals surface area contributed by atoms with Crippen molar-refractivity contribution in [3.63, 3.8) is 0 Å². The van der Waals surface area contributed by atoms with Crippen LogP contribution in [0.5, 0.6) is 0 Å². The summed E-state index contributed by atoms with van der Waals surface area (Å²) >= 11 is 0. The molecular formula is C6H9F2NO3. The van der Waals surface area contributed by atoms with Gasteiger partial charge in [-0.25, -0.2) is 5.06 Å². The van der Waals surface area contributed by atoms with Crippen molar-refractivity contribution in [2.45, 2.75) is 19.0 Å². The number of rotatable bonds is 1. The summed E-state index contributed by atoms with van der Waals surface area (Å²) in [7, 11) is 0. The van der Waals surface area contributed by atoms with Gasteiger partial charge < -0.3 is 5.11 Å². The van der Waals surface area contributed by atoms with E-state index in [1.165, 1.54) is 0 Å². The molecule has 1 amide bonds. The molecule has 1 aliphatic heterocycles. The molecule has 12 heavy (non-hydrogen) atoms. The Hall–Kier alpha value is -0.750. The second-order valence-corrected chi connectivity index (χ2v) is 2.70. The molecule has 0 aromatic heterocycles. The molecular weight excluding hydrogens is 172 g/mol. The van der Waals surface area contributed by atoms with Crippen LogP contribution >= 0.6 is 0 Å². The minimum Gasteiger partial charge on any atom is -0.389 e. The Bertz CT molecular complexity index is 192. The molecule has 0 saturated carbocycles. The average molecular weight is 181 g/mol. The van der Waals surface area contributed by atoms with Crippen LogP contribution in [0.3, 0.4) is 0 Å². The summed E-state index contributed by atoms with van der Waals surface area (Å²) in [4.78, 5) is 15.3. The van der Waals surface area contributed by atoms with Crippen LogP contribution in [0.4, 0.5) is 8.78 Å². The number of alkyl halides is 2. The van der Waals surface area contributed by atoms with Gasteiger partial charge in [0.2, 0.25) is 0 Å². The predicted octanol–water partition coefficient (Wildman–Crippen LogP) is -0.224. The van der Waals surface area contributed by atoms with Gasteiger partial charge in [-0.15, -0.1) is 0 Å². The summed E-state index contributed by atoms with van der Waals surface area (Å²) in [5.41, 5.74) is 0. The summed E-state index contributed by atoms with van der Waals surface area (Å²) < 4.78 is 24.7. The fraction of sp³-hybridized carbons (Fsp3) is 0.833. The first-order chi connectivity index (χ1) is 5.41. The van der Waals surface area contributed by atoms with E-state index in [-0.39, 0.29) is 13.2 Å². The summed E-state index contributed by atoms with van der Waals surface area (Å²) in [5.74, 6) is -4.86. The van der Waals surface area contributed by atoms with Crippen molar-refractivity contribution < 1.29 is 23.5 Å². The molecule has 0 unspecified atom stereocenters. The van der Waals surface area contributed by atoms with Crippen LogP contribution in [-0.4, -0.2) is 41.3 Å². The summed E-state index contributed by atoms with van der Waals surface area (Å²) in [6.07, 6.45) is -0.865. The molecule has 0 bridgehead atoms. The highest BCUT2D eigenvalue weighted by Crippen LogP contribution is 2.18. The predicted molar refractivity (Wildman–Crippen MR) is 34.3 cm³/mol. The highest BCUT2D eigenvalue weighted by Gasteiger charge is 2.40. The molecule has 0 aliphatic carbocycles. The van der Waals surface area contributed by atoms with Gasteiger partial charge in [-0.1, -0.05) is 0 Å². The van der Waals surface area contributed by atoms with Gasteiger partial charge in [0.05, 0.1) is 6.54 Å². The summed E-state index contributed by atoms with van der Waals surface area (Å²) in [5, 5.41) is 9.34. The van der Waals surface area contributed by atoms with Crippen LogP contribution in [0.25, 0.3) is 0 Å². The highest BCUT2D eigenvalue weighted by molar-refractivity contribution is 5.82. The van der Waals surface area contributed by atoms with E-state index >= 15 is 0 Å². The molecule has 0 aromatic rings. The molecule has 0 spiro atoms. The van der Waals surface area contributed by atoms with E-state index in [4.69, 9.17) is 5.11 Å². The molecule has 1 aliphatic rings. The lowest BCUT2D eigenvalue weighted by atomic mass is 10.3. The number of carbonyl (C=O) groups is 1. The van der Waals surface area contributed by atoms with Gasteiger partial charge in [-0.2, -0.15) is 8.78 Å². The summed E-state index contributed by atoms with van der Waals surface area (Å²) in [6.45, 7) is 0.188. The number of amides is 1. The van der Waals surface area contributed by atoms with Crippen molar-refractivity contribution in [3.8, 4) is 0 Å². The standard InChI is InChI=1S/C6H9F2NO3/c1-6(7,8)5(11)9-2-4(10)3-12-9/h4,10H,2-3H2,1H3/t4-/m0/s1. The average Bonchev–Trinajstić information content (AvgIpc) is 2.32. The molecule has 0 aromatic carbocycles. The summed E-state index contributed by atoms with van der Waals surface area (Å²) in [6, 6.07) is 0. The molecule has 1 fully saturated rings. The van der Waals surface area contributed by atoms with Gasteiger partial charge in [0.1, 0.15) is 12.7 Å². The van der Waals surface area contributed by atoms with Crippen LogP contribution in [0, 0.1) is 0 Å². The quantitative estimate of drug-likeness (QED) is 0.608. The van der Waals surface area contributed by atoms with E-state index in [1.807, 2.05) is 0 Å². The number of hydrogen-bond acceptors (Lipinski definition) is 3. The first kappa shape index (κ1) is 9.34. The largest absolute Gasteiger partial charge is 0.389 e. The smallest absolute Gasteiger partial charge is 0.324 e. The Morgan fingerprint density at radius 2 is 2.33 bits per heavy atom. The fourth-order valence-electron chi connectivity index (χ4n) is 0.833. The van der Waals surface area contributed by atoms with Crippen molar-refractivity contribution in [3.05, 3.63) is 0 Å². The molecule has 1 saturated heterocycles. The van der Waals surface area contributed by atoms with Crippen molar-refractivity contribution in [2.24, 2.45) is 0 Å². The lowest BCUT2D eigenvalue weighted by molar-refractivity contribution is -0.191. The van der Waals surface area contributed by atoms with E-state index < -0.39 is 17.9 Å². The van der Waals surface area contributed by atoms with Crippen LogP contribution in [0.15, 0.2) is 0 Å². The molecule has 6 heteroatoms. The maximum Gasteiger partial charge on any atom is 0.324 e. The van der Waals surface area contributed by atoms with E-state index in [0.29, 0.717) is 12.0 Å². The second-order valence-electron chi connectivity index (χ2n) is 2.70. The van der Waals surface area contributed by atoms with Crippen molar-refractivity contribution in [2.75, 3.05) is 13.2 Å². The first-order valence-electron chi connectivity index (χ1n) is 3.42. The van der Waals surface area contributed by atoms with Crippen molar-refractivity contribution in [1.29, 1.82) is 0 Å². The van der Waals surface area contributed by atoms with E-state index in [1.54, 1.807) is 0 Å². The zero-order valence-electron chi connectivity index (χ0n) is 6.46. The van der Waals surface area contributed by atoms with Gasteiger partial charge in [0.15, 0.2) is 0 Å². The molecule has 1 N–H and O–H groups in total. The van der Waals surface area contributed by atoms with Crippen molar-refractivity contribution >= 4 is 5.91 Å². The third-order valence-corrected chi connectivity index (χ3v) is 1.40. The first-order valence-corrected chi connectivity index (χ1v) is 3.42. The molecule has 1 rings (SSSR count). The van der Waals surface area contributed by atoms with E-state index in [0.717, 1.165) is 0 Å². The highest BCUT2D eigenvalue weighted by atomic mass is 19.3. The van der Waals surface area contributed by atoms with Gasteiger partial charge in [0.25, 0.3) is 0 Å². The molecule has 4 nitrogen and oxygen atoms in total. The Morgan fingerprint density at radius 3 is 2.67 bits per heavy atom. The zero-order chi connectivity index (χ0) is 9.35. The number of nitrogens with zero attached hydrogens (tertiary/aromatic N) is 1. The molecule has 0 radical (unpaired) electrons. The minimum absolute atomic E-state index is 0.109. The maximum absolute atomic E-state index is 12.3. The number of halogens is 2. The van der Waals surface area contributed by atoms with Crippen molar-refractivity contribution in [1.82, 2.24) is 5.06 Å². The lowest BCUT2D eigenvalue weighted by Gasteiger charge is -2.17. The van der Waals surface area contributed by atoms with Crippen LogP contribution < -0.4 is 0 Å². The normalized spacial score (nSPS) is 24.7. The molecule has 70 valence electrons. The van der Waals surface area contributed by atoms with Gasteiger partial charge in [-0.05, 0) is 0 Å². The Morgan fingerprint density at radius 1 is 1.75 bits per heavy atom. The van der Waals surface area contributed by atoms with E-state index in [9.17, 15) is 13.6 Å². The Balaban J connectivity index is 2.55. The number of β-amino-alcohol motifs (C(OH)–C–C–N with tert-alkyl or cyclic N) is 1. The Labute approximate surface area is 67.7 Å². The third-order valence-electron chi connectivity index (χ3n) is 1.40. The molecule has 1 atom stereocenters. The second kappa shape index (κ2) is 2.95. The number of carbonyl (C=O) groups excluding carboxylic acids is 1. The number of aliphatic hydroxyl groups excluding tert-OH is 1. The van der Waals surface area contributed by atoms with Crippen LogP contribution in [0.2, 0.25) is 0 Å². The third kappa shape index (κ3) is 1.89. The SMILES string of the molecule is CC(F)(F)C(=O)N1C[C@H](O)CO1. The number of hydroxylamine groups is 2. The van der Waals surface area contributed by atoms with Crippen LogP contribution in [-0.2, 0) is 9.63 Å². The van der Waals surface area contributed by atoms with E-state index in [2.05, 4.69) is 4.84 Å². The maximum atomic E-state index is 12.3. The zero-order valence-corrected chi connectivity index (χ0v) is 6.46. The topological polar surface area (TPSA) is 49.8 Å². The minimum atomic E-state index is -3.44. The van der Waals surface area contributed by atoms with Gasteiger partial charge in [-0.3, -0.25) is 9.63 Å². The number of hydrogen-bond donors (Lipinski definition) is 1. The number of aliphatic hydroxyl groups is 1. The fourth-order valence-corrected chi connectivity index (χ4v) is 0.833. The lowest BCUT2D eigenvalue weighted by Crippen LogP contribution is -2.40. The van der Waals surface area contributed by atoms with Gasteiger partial charge >= 0.3 is 11.8 Å².